The van der Waals surface area contributed by atoms with Gasteiger partial charge in [0.2, 0.25) is 0 Å². The second-order valence-electron chi connectivity index (χ2n) is 2.59. The molecule has 0 N–H and O–H groups in total. The fourth-order valence-corrected chi connectivity index (χ4v) is 1.25. The molecule has 1 rings (SSSR count). The number of pyridine rings is 1. The maximum atomic E-state index is 10.5. The number of rotatable bonds is 3. The largest absolute Gasteiger partial charge is 0.495 e. The summed E-state index contributed by atoms with van der Waals surface area (Å²) in [4.78, 5) is 14.6. The van der Waals surface area contributed by atoms with E-state index in [1.54, 1.807) is 19.4 Å². The van der Waals surface area contributed by atoms with E-state index in [2.05, 4.69) is 20.9 Å². The average Bonchev–Trinajstić information content (AvgIpc) is 2.16. The highest BCUT2D eigenvalue weighted by Crippen LogP contribution is 2.23. The first-order valence-corrected chi connectivity index (χ1v) is 4.74. The Hall–Kier alpha value is -1.10. The zero-order chi connectivity index (χ0) is 10.6. The van der Waals surface area contributed by atoms with E-state index in [4.69, 9.17) is 9.47 Å². The molecule has 0 aliphatic rings. The lowest BCUT2D eigenvalue weighted by Gasteiger charge is -2.05. The van der Waals surface area contributed by atoms with Gasteiger partial charge >= 0.3 is 5.97 Å². The van der Waals surface area contributed by atoms with Crippen LogP contribution in [0.2, 0.25) is 0 Å². The molecule has 1 heterocycles. The van der Waals surface area contributed by atoms with Gasteiger partial charge in [0.1, 0.15) is 12.4 Å². The molecule has 0 fully saturated rings. The Morgan fingerprint density at radius 1 is 1.64 bits per heavy atom. The van der Waals surface area contributed by atoms with Crippen LogP contribution >= 0.6 is 15.9 Å². The number of hydrogen-bond acceptors (Lipinski definition) is 4. The molecule has 0 spiro atoms. The van der Waals surface area contributed by atoms with Crippen LogP contribution in [0.4, 0.5) is 0 Å². The van der Waals surface area contributed by atoms with Crippen molar-refractivity contribution in [2.75, 3.05) is 7.11 Å². The standard InChI is InChI=1S/C9H10BrNO3/c1-6(12)14-5-7-3-9(13-2)8(10)4-11-7/h3-4H,5H2,1-2H3. The van der Waals surface area contributed by atoms with E-state index < -0.39 is 0 Å². The van der Waals surface area contributed by atoms with Crippen molar-refractivity contribution in [3.8, 4) is 5.75 Å². The Kier molecular flexibility index (Phi) is 3.88. The van der Waals surface area contributed by atoms with Crippen molar-refractivity contribution in [2.24, 2.45) is 0 Å². The third-order valence-electron chi connectivity index (χ3n) is 1.52. The van der Waals surface area contributed by atoms with Gasteiger partial charge in [0.05, 0.1) is 17.3 Å². The van der Waals surface area contributed by atoms with Crippen LogP contribution in [0.1, 0.15) is 12.6 Å². The second-order valence-corrected chi connectivity index (χ2v) is 3.44. The number of methoxy groups -OCH3 is 1. The zero-order valence-electron chi connectivity index (χ0n) is 7.91. The number of ether oxygens (including phenoxy) is 2. The first-order valence-electron chi connectivity index (χ1n) is 3.95. The summed E-state index contributed by atoms with van der Waals surface area (Å²) >= 11 is 3.28. The topological polar surface area (TPSA) is 48.4 Å². The molecule has 5 heteroatoms. The SMILES string of the molecule is COc1cc(COC(C)=O)ncc1Br. The summed E-state index contributed by atoms with van der Waals surface area (Å²) in [6, 6.07) is 1.72. The molecule has 14 heavy (non-hydrogen) atoms. The highest BCUT2D eigenvalue weighted by atomic mass is 79.9. The summed E-state index contributed by atoms with van der Waals surface area (Å²) in [7, 11) is 1.57. The maximum Gasteiger partial charge on any atom is 0.303 e. The molecule has 1 aromatic rings. The van der Waals surface area contributed by atoms with Crippen molar-refractivity contribution < 1.29 is 14.3 Å². The fourth-order valence-electron chi connectivity index (χ4n) is 0.872. The molecule has 0 atom stereocenters. The monoisotopic (exact) mass is 259 g/mol. The van der Waals surface area contributed by atoms with Gasteiger partial charge in [0, 0.05) is 19.2 Å². The van der Waals surface area contributed by atoms with Gasteiger partial charge in [-0.2, -0.15) is 0 Å². The van der Waals surface area contributed by atoms with Crippen LogP contribution in [-0.4, -0.2) is 18.1 Å². The van der Waals surface area contributed by atoms with E-state index in [1.807, 2.05) is 0 Å². The Morgan fingerprint density at radius 3 is 2.93 bits per heavy atom. The van der Waals surface area contributed by atoms with Gasteiger partial charge in [0.25, 0.3) is 0 Å². The smallest absolute Gasteiger partial charge is 0.303 e. The fraction of sp³-hybridized carbons (Fsp3) is 0.333. The summed E-state index contributed by atoms with van der Waals surface area (Å²) in [5, 5.41) is 0. The summed E-state index contributed by atoms with van der Waals surface area (Å²) < 4.78 is 10.6. The van der Waals surface area contributed by atoms with Crippen LogP contribution in [0.3, 0.4) is 0 Å². The van der Waals surface area contributed by atoms with Crippen LogP contribution in [-0.2, 0) is 16.1 Å². The Labute approximate surface area is 90.4 Å². The van der Waals surface area contributed by atoms with Gasteiger partial charge in [-0.05, 0) is 15.9 Å². The van der Waals surface area contributed by atoms with E-state index >= 15 is 0 Å². The zero-order valence-corrected chi connectivity index (χ0v) is 9.50. The summed E-state index contributed by atoms with van der Waals surface area (Å²) in [6.45, 7) is 1.52. The van der Waals surface area contributed by atoms with Crippen molar-refractivity contribution in [1.82, 2.24) is 4.98 Å². The van der Waals surface area contributed by atoms with Crippen molar-refractivity contribution in [3.63, 3.8) is 0 Å². The molecule has 0 saturated carbocycles. The average molecular weight is 260 g/mol. The third kappa shape index (κ3) is 2.99. The van der Waals surface area contributed by atoms with Crippen molar-refractivity contribution in [2.45, 2.75) is 13.5 Å². The number of aromatic nitrogens is 1. The molecular formula is C9H10BrNO3. The molecule has 0 unspecified atom stereocenters. The lowest BCUT2D eigenvalue weighted by Crippen LogP contribution is -2.01. The summed E-state index contributed by atoms with van der Waals surface area (Å²) in [6.07, 6.45) is 1.61. The van der Waals surface area contributed by atoms with Gasteiger partial charge in [-0.1, -0.05) is 0 Å². The Morgan fingerprint density at radius 2 is 2.36 bits per heavy atom. The minimum absolute atomic E-state index is 0.166. The molecule has 1 aromatic heterocycles. The van der Waals surface area contributed by atoms with Gasteiger partial charge in [-0.3, -0.25) is 9.78 Å². The summed E-state index contributed by atoms with van der Waals surface area (Å²) in [5.74, 6) is 0.343. The molecule has 0 aromatic carbocycles. The highest BCUT2D eigenvalue weighted by molar-refractivity contribution is 9.10. The molecule has 0 bridgehead atoms. The van der Waals surface area contributed by atoms with Crippen molar-refractivity contribution >= 4 is 21.9 Å². The second kappa shape index (κ2) is 4.95. The predicted octanol–water partition coefficient (Wildman–Crippen LogP) is 1.92. The quantitative estimate of drug-likeness (QED) is 0.779. The van der Waals surface area contributed by atoms with Gasteiger partial charge in [0.15, 0.2) is 0 Å². The van der Waals surface area contributed by atoms with E-state index in [9.17, 15) is 4.79 Å². The highest BCUT2D eigenvalue weighted by Gasteiger charge is 2.04. The van der Waals surface area contributed by atoms with Crippen LogP contribution in [0.5, 0.6) is 5.75 Å². The molecule has 0 aliphatic heterocycles. The Bertz CT molecular complexity index is 341. The molecule has 0 radical (unpaired) electrons. The number of esters is 1. The van der Waals surface area contributed by atoms with E-state index in [-0.39, 0.29) is 12.6 Å². The number of nitrogens with zero attached hydrogens (tertiary/aromatic N) is 1. The van der Waals surface area contributed by atoms with E-state index in [0.29, 0.717) is 11.4 Å². The maximum absolute atomic E-state index is 10.5. The lowest BCUT2D eigenvalue weighted by molar-refractivity contribution is -0.142. The third-order valence-corrected chi connectivity index (χ3v) is 2.12. The van der Waals surface area contributed by atoms with Crippen LogP contribution < -0.4 is 4.74 Å². The molecule has 4 nitrogen and oxygen atoms in total. The van der Waals surface area contributed by atoms with Crippen molar-refractivity contribution in [1.29, 1.82) is 0 Å². The number of hydrogen-bond donors (Lipinski definition) is 0. The van der Waals surface area contributed by atoms with E-state index in [0.717, 1.165) is 4.47 Å². The van der Waals surface area contributed by atoms with Gasteiger partial charge in [-0.15, -0.1) is 0 Å². The Balaban J connectivity index is 2.74. The molecule has 0 amide bonds. The normalized spacial score (nSPS) is 9.64. The van der Waals surface area contributed by atoms with Gasteiger partial charge < -0.3 is 9.47 Å². The van der Waals surface area contributed by atoms with E-state index in [1.165, 1.54) is 6.92 Å². The molecule has 76 valence electrons. The molecular weight excluding hydrogens is 250 g/mol. The molecule has 0 aliphatic carbocycles. The first-order chi connectivity index (χ1) is 6.63. The van der Waals surface area contributed by atoms with Crippen molar-refractivity contribution in [3.05, 3.63) is 22.4 Å². The number of carbonyl (C=O) groups excluding carboxylic acids is 1. The van der Waals surface area contributed by atoms with Crippen LogP contribution in [0.15, 0.2) is 16.7 Å². The van der Waals surface area contributed by atoms with Crippen LogP contribution in [0.25, 0.3) is 0 Å². The van der Waals surface area contributed by atoms with Gasteiger partial charge in [-0.25, -0.2) is 0 Å². The van der Waals surface area contributed by atoms with Crippen LogP contribution in [0, 0.1) is 0 Å². The number of carbonyl (C=O) groups is 1. The minimum Gasteiger partial charge on any atom is -0.495 e. The minimum atomic E-state index is -0.325. The summed E-state index contributed by atoms with van der Waals surface area (Å²) in [5.41, 5.74) is 0.653. The predicted molar refractivity (Wildman–Crippen MR) is 54.0 cm³/mol. The lowest BCUT2D eigenvalue weighted by atomic mass is 10.3. The number of halogens is 1. The first kappa shape index (κ1) is 11.0. The molecule has 0 saturated heterocycles.